The van der Waals surface area contributed by atoms with Gasteiger partial charge < -0.3 is 15.3 Å². The Morgan fingerprint density at radius 3 is 2.61 bits per heavy atom. The van der Waals surface area contributed by atoms with Crippen molar-refractivity contribution in [1.82, 2.24) is 10.2 Å². The van der Waals surface area contributed by atoms with Gasteiger partial charge in [-0.1, -0.05) is 6.07 Å². The maximum atomic E-state index is 13.7. The number of benzene rings is 1. The van der Waals surface area contributed by atoms with E-state index in [1.807, 2.05) is 0 Å². The molecule has 0 aromatic heterocycles. The zero-order chi connectivity index (χ0) is 16.6. The molecule has 1 aromatic carbocycles. The van der Waals surface area contributed by atoms with E-state index in [2.05, 4.69) is 5.32 Å². The molecular formula is C16H18F2N2O3. The molecule has 3 rings (SSSR count). The second kappa shape index (κ2) is 6.14. The average molecular weight is 324 g/mol. The molecule has 3 atom stereocenters. The Hall–Kier alpha value is -2.18. The van der Waals surface area contributed by atoms with Crippen LogP contribution in [0, 0.1) is 17.6 Å². The van der Waals surface area contributed by atoms with Gasteiger partial charge in [-0.05, 0) is 31.4 Å². The van der Waals surface area contributed by atoms with Gasteiger partial charge in [0.25, 0.3) is 0 Å². The summed E-state index contributed by atoms with van der Waals surface area (Å²) in [6.45, 7) is 0.674. The van der Waals surface area contributed by atoms with Crippen molar-refractivity contribution in [3.8, 4) is 0 Å². The first-order valence-electron chi connectivity index (χ1n) is 7.69. The van der Waals surface area contributed by atoms with E-state index in [9.17, 15) is 18.4 Å². The Kier molecular flexibility index (Phi) is 4.19. The maximum absolute atomic E-state index is 13.7. The summed E-state index contributed by atoms with van der Waals surface area (Å²) < 4.78 is 27.4. The summed E-state index contributed by atoms with van der Waals surface area (Å²) in [6, 6.07) is 3.05. The van der Waals surface area contributed by atoms with Crippen LogP contribution >= 0.6 is 0 Å². The van der Waals surface area contributed by atoms with E-state index in [4.69, 9.17) is 5.11 Å². The fourth-order valence-corrected chi connectivity index (χ4v) is 3.15. The quantitative estimate of drug-likeness (QED) is 0.896. The number of likely N-dealkylation sites (tertiary alicyclic amines) is 1. The van der Waals surface area contributed by atoms with Gasteiger partial charge in [-0.25, -0.2) is 13.6 Å². The Morgan fingerprint density at radius 2 is 1.96 bits per heavy atom. The van der Waals surface area contributed by atoms with Crippen molar-refractivity contribution in [2.45, 2.75) is 31.2 Å². The number of nitrogens with zero attached hydrogens (tertiary/aromatic N) is 1. The molecule has 1 saturated carbocycles. The molecule has 23 heavy (non-hydrogen) atoms. The van der Waals surface area contributed by atoms with Gasteiger partial charge in [0.1, 0.15) is 11.6 Å². The average Bonchev–Trinajstić information content (AvgIpc) is 3.26. The van der Waals surface area contributed by atoms with Gasteiger partial charge in [0.2, 0.25) is 0 Å². The maximum Gasteiger partial charge on any atom is 0.317 e. The van der Waals surface area contributed by atoms with Crippen LogP contribution in [-0.4, -0.2) is 41.1 Å². The van der Waals surface area contributed by atoms with Gasteiger partial charge in [0.15, 0.2) is 0 Å². The van der Waals surface area contributed by atoms with E-state index in [1.54, 1.807) is 0 Å². The van der Waals surface area contributed by atoms with Gasteiger partial charge in [0, 0.05) is 30.6 Å². The largest absolute Gasteiger partial charge is 0.481 e. The van der Waals surface area contributed by atoms with Crippen LogP contribution in [-0.2, 0) is 4.79 Å². The molecule has 0 bridgehead atoms. The topological polar surface area (TPSA) is 69.6 Å². The molecule has 0 radical (unpaired) electrons. The predicted molar refractivity (Wildman–Crippen MR) is 78.0 cm³/mol. The van der Waals surface area contributed by atoms with E-state index in [1.165, 1.54) is 23.1 Å². The number of hydrogen-bond acceptors (Lipinski definition) is 2. The van der Waals surface area contributed by atoms with Gasteiger partial charge in [-0.2, -0.15) is 0 Å². The molecule has 1 heterocycles. The monoisotopic (exact) mass is 324 g/mol. The summed E-state index contributed by atoms with van der Waals surface area (Å²) in [5.41, 5.74) is 0.0138. The van der Waals surface area contributed by atoms with Crippen LogP contribution in [0.2, 0.25) is 0 Å². The number of urea groups is 1. The highest BCUT2D eigenvalue weighted by Crippen LogP contribution is 2.43. The second-order valence-electron chi connectivity index (χ2n) is 6.16. The van der Waals surface area contributed by atoms with Crippen LogP contribution in [0.15, 0.2) is 18.2 Å². The smallest absolute Gasteiger partial charge is 0.317 e. The third-order valence-corrected chi connectivity index (χ3v) is 4.53. The molecular weight excluding hydrogens is 306 g/mol. The van der Waals surface area contributed by atoms with Crippen LogP contribution < -0.4 is 5.32 Å². The number of hydrogen-bond donors (Lipinski definition) is 2. The van der Waals surface area contributed by atoms with Crippen LogP contribution in [0.3, 0.4) is 0 Å². The fraction of sp³-hybridized carbons (Fsp3) is 0.500. The molecule has 2 amide bonds. The van der Waals surface area contributed by atoms with E-state index in [-0.39, 0.29) is 30.1 Å². The second-order valence-corrected chi connectivity index (χ2v) is 6.16. The molecule has 1 aliphatic heterocycles. The third kappa shape index (κ3) is 3.28. The molecule has 5 nitrogen and oxygen atoms in total. The van der Waals surface area contributed by atoms with Gasteiger partial charge in [-0.15, -0.1) is 0 Å². The van der Waals surface area contributed by atoms with Gasteiger partial charge >= 0.3 is 12.0 Å². The lowest BCUT2D eigenvalue weighted by molar-refractivity contribution is -0.143. The summed E-state index contributed by atoms with van der Waals surface area (Å²) in [4.78, 5) is 24.7. The van der Waals surface area contributed by atoms with E-state index < -0.39 is 23.5 Å². The zero-order valence-electron chi connectivity index (χ0n) is 12.5. The number of carbonyl (C=O) groups excluding carboxylic acids is 1. The number of amides is 2. The first kappa shape index (κ1) is 15.7. The van der Waals surface area contributed by atoms with Crippen molar-refractivity contribution in [1.29, 1.82) is 0 Å². The van der Waals surface area contributed by atoms with Gasteiger partial charge in [-0.3, -0.25) is 4.79 Å². The summed E-state index contributed by atoms with van der Waals surface area (Å²) >= 11 is 0. The molecule has 124 valence electrons. The van der Waals surface area contributed by atoms with Crippen molar-refractivity contribution in [3.05, 3.63) is 35.4 Å². The number of carbonyl (C=O) groups is 2. The minimum Gasteiger partial charge on any atom is -0.481 e. The molecule has 2 aliphatic rings. The van der Waals surface area contributed by atoms with Crippen LogP contribution in [0.4, 0.5) is 13.6 Å². The van der Waals surface area contributed by atoms with Crippen molar-refractivity contribution in [2.24, 2.45) is 5.92 Å². The lowest BCUT2D eigenvalue weighted by Gasteiger charge is -2.30. The Labute approximate surface area is 132 Å². The summed E-state index contributed by atoms with van der Waals surface area (Å²) in [5.74, 6) is -3.01. The summed E-state index contributed by atoms with van der Waals surface area (Å²) in [7, 11) is 0. The molecule has 7 heteroatoms. The highest BCUT2D eigenvalue weighted by Gasteiger charge is 2.43. The lowest BCUT2D eigenvalue weighted by Crippen LogP contribution is -2.47. The summed E-state index contributed by atoms with van der Waals surface area (Å²) in [6.07, 6.45) is 1.69. The number of halogens is 2. The van der Waals surface area contributed by atoms with Crippen molar-refractivity contribution in [3.63, 3.8) is 0 Å². The van der Waals surface area contributed by atoms with Crippen molar-refractivity contribution < 1.29 is 23.5 Å². The Bertz CT molecular complexity index is 618. The normalized spacial score (nSPS) is 26.7. The lowest BCUT2D eigenvalue weighted by atomic mass is 9.99. The first-order valence-corrected chi connectivity index (χ1v) is 7.69. The third-order valence-electron chi connectivity index (χ3n) is 4.53. The Balaban J connectivity index is 1.59. The predicted octanol–water partition coefficient (Wildman–Crippen LogP) is 2.33. The highest BCUT2D eigenvalue weighted by molar-refractivity contribution is 5.77. The van der Waals surface area contributed by atoms with Crippen molar-refractivity contribution >= 4 is 12.0 Å². The number of carboxylic acid groups (broad SMARTS) is 1. The molecule has 1 aromatic rings. The van der Waals surface area contributed by atoms with Gasteiger partial charge in [0.05, 0.1) is 5.92 Å². The van der Waals surface area contributed by atoms with E-state index in [0.29, 0.717) is 25.8 Å². The molecule has 1 unspecified atom stereocenters. The number of piperidine rings is 1. The molecule has 2 N–H and O–H groups in total. The SMILES string of the molecule is O=C(O)C1CCCN(C(=O)N[C@@H]2C[C@H]2c2c(F)cccc2F)C1. The van der Waals surface area contributed by atoms with E-state index >= 15 is 0 Å². The first-order chi connectivity index (χ1) is 11.0. The summed E-state index contributed by atoms with van der Waals surface area (Å²) in [5, 5.41) is 11.8. The molecule has 0 spiro atoms. The number of carboxylic acids is 1. The number of aliphatic carboxylic acids is 1. The Morgan fingerprint density at radius 1 is 1.26 bits per heavy atom. The highest BCUT2D eigenvalue weighted by atomic mass is 19.1. The van der Waals surface area contributed by atoms with Crippen LogP contribution in [0.5, 0.6) is 0 Å². The standard InChI is InChI=1S/C16H18F2N2O3/c17-11-4-1-5-12(18)14(11)10-7-13(10)19-16(23)20-6-2-3-9(8-20)15(21)22/h1,4-5,9-10,13H,2-3,6-8H2,(H,19,23)(H,21,22)/t9?,10-,13-/m1/s1. The molecule has 2 fully saturated rings. The van der Waals surface area contributed by atoms with Crippen molar-refractivity contribution in [2.75, 3.05) is 13.1 Å². The minimum absolute atomic E-state index is 0.0138. The minimum atomic E-state index is -0.903. The number of rotatable bonds is 3. The van der Waals surface area contributed by atoms with Crippen LogP contribution in [0.1, 0.15) is 30.7 Å². The zero-order valence-corrected chi connectivity index (χ0v) is 12.5. The van der Waals surface area contributed by atoms with Crippen LogP contribution in [0.25, 0.3) is 0 Å². The number of nitrogens with one attached hydrogen (secondary N) is 1. The van der Waals surface area contributed by atoms with E-state index in [0.717, 1.165) is 0 Å². The fourth-order valence-electron chi connectivity index (χ4n) is 3.15. The molecule has 1 saturated heterocycles. The molecule has 1 aliphatic carbocycles.